The standard InChI is InChI=1S/C15H15BrF3NO4/c1-3-23-13(21)8-12(15(17,18)19)20-11-6-5-9(7-10(11)16)14(22)24-4-2/h5-8,20H,3-4H2,1-2H3/b12-8+. The van der Waals surface area contributed by atoms with Gasteiger partial charge in [-0.3, -0.25) is 0 Å². The van der Waals surface area contributed by atoms with Crippen LogP contribution in [0.3, 0.4) is 0 Å². The van der Waals surface area contributed by atoms with Crippen molar-refractivity contribution < 1.29 is 32.2 Å². The van der Waals surface area contributed by atoms with Gasteiger partial charge in [-0.2, -0.15) is 13.2 Å². The number of halogens is 4. The van der Waals surface area contributed by atoms with E-state index >= 15 is 0 Å². The first-order valence-corrected chi connectivity index (χ1v) is 7.67. The van der Waals surface area contributed by atoms with Gasteiger partial charge in [0.1, 0.15) is 5.70 Å². The molecule has 5 nitrogen and oxygen atoms in total. The van der Waals surface area contributed by atoms with Gasteiger partial charge < -0.3 is 14.8 Å². The Morgan fingerprint density at radius 2 is 1.83 bits per heavy atom. The van der Waals surface area contributed by atoms with Crippen molar-refractivity contribution in [3.05, 3.63) is 40.0 Å². The fourth-order valence-electron chi connectivity index (χ4n) is 1.59. The number of ether oxygens (including phenoxy) is 2. The lowest BCUT2D eigenvalue weighted by molar-refractivity contribution is -0.138. The Morgan fingerprint density at radius 1 is 1.21 bits per heavy atom. The molecule has 9 heteroatoms. The topological polar surface area (TPSA) is 64.6 Å². The van der Waals surface area contributed by atoms with Crippen LogP contribution in [0.25, 0.3) is 0 Å². The number of nitrogens with one attached hydrogen (secondary N) is 1. The Bertz CT molecular complexity index is 644. The lowest BCUT2D eigenvalue weighted by atomic mass is 10.2. The van der Waals surface area contributed by atoms with Crippen molar-refractivity contribution in [2.45, 2.75) is 20.0 Å². The van der Waals surface area contributed by atoms with Gasteiger partial charge in [0, 0.05) is 4.47 Å². The Balaban J connectivity index is 3.07. The van der Waals surface area contributed by atoms with Crippen LogP contribution in [0, 0.1) is 0 Å². The monoisotopic (exact) mass is 409 g/mol. The van der Waals surface area contributed by atoms with Gasteiger partial charge in [0.05, 0.1) is 30.5 Å². The molecule has 0 saturated heterocycles. The van der Waals surface area contributed by atoms with Gasteiger partial charge in [-0.05, 0) is 48.0 Å². The zero-order valence-corrected chi connectivity index (χ0v) is 14.5. The third-order valence-corrected chi connectivity index (χ3v) is 3.26. The highest BCUT2D eigenvalue weighted by Gasteiger charge is 2.35. The summed E-state index contributed by atoms with van der Waals surface area (Å²) in [6.07, 6.45) is -4.46. The van der Waals surface area contributed by atoms with E-state index in [4.69, 9.17) is 4.74 Å². The normalized spacial score (nSPS) is 11.8. The number of hydrogen-bond donors (Lipinski definition) is 1. The third-order valence-electron chi connectivity index (χ3n) is 2.60. The van der Waals surface area contributed by atoms with Crippen molar-refractivity contribution in [2.75, 3.05) is 18.5 Å². The van der Waals surface area contributed by atoms with Crippen LogP contribution < -0.4 is 5.32 Å². The molecule has 1 N–H and O–H groups in total. The maximum atomic E-state index is 13.0. The van der Waals surface area contributed by atoms with E-state index in [1.165, 1.54) is 25.1 Å². The number of allylic oxidation sites excluding steroid dienone is 1. The van der Waals surface area contributed by atoms with Gasteiger partial charge in [0.15, 0.2) is 0 Å². The number of rotatable bonds is 6. The third kappa shape index (κ3) is 5.88. The van der Waals surface area contributed by atoms with E-state index in [1.54, 1.807) is 6.92 Å². The Kier molecular flexibility index (Phi) is 7.27. The highest BCUT2D eigenvalue weighted by Crippen LogP contribution is 2.31. The molecule has 0 bridgehead atoms. The molecule has 0 radical (unpaired) electrons. The van der Waals surface area contributed by atoms with Crippen molar-refractivity contribution >= 4 is 33.6 Å². The number of carbonyl (C=O) groups is 2. The summed E-state index contributed by atoms with van der Waals surface area (Å²) in [5, 5.41) is 2.11. The van der Waals surface area contributed by atoms with E-state index in [0.29, 0.717) is 6.08 Å². The van der Waals surface area contributed by atoms with E-state index in [1.807, 2.05) is 0 Å². The summed E-state index contributed by atoms with van der Waals surface area (Å²) in [5.74, 6) is -1.71. The number of alkyl halides is 3. The van der Waals surface area contributed by atoms with Crippen molar-refractivity contribution in [2.24, 2.45) is 0 Å². The van der Waals surface area contributed by atoms with E-state index in [9.17, 15) is 22.8 Å². The summed E-state index contributed by atoms with van der Waals surface area (Å²) in [6.45, 7) is 3.26. The van der Waals surface area contributed by atoms with Gasteiger partial charge in [0.2, 0.25) is 0 Å². The first-order chi connectivity index (χ1) is 11.2. The first kappa shape index (κ1) is 20.0. The summed E-state index contributed by atoms with van der Waals surface area (Å²) >= 11 is 3.08. The van der Waals surface area contributed by atoms with Crippen LogP contribution in [0.2, 0.25) is 0 Å². The maximum Gasteiger partial charge on any atom is 0.431 e. The zero-order chi connectivity index (χ0) is 18.3. The summed E-state index contributed by atoms with van der Waals surface area (Å²) in [5.41, 5.74) is -1.08. The van der Waals surface area contributed by atoms with Crippen LogP contribution in [0.4, 0.5) is 18.9 Å². The zero-order valence-electron chi connectivity index (χ0n) is 12.9. The molecule has 0 spiro atoms. The summed E-state index contributed by atoms with van der Waals surface area (Å²) in [7, 11) is 0. The van der Waals surface area contributed by atoms with Crippen molar-refractivity contribution in [1.29, 1.82) is 0 Å². The average Bonchev–Trinajstić information content (AvgIpc) is 2.47. The van der Waals surface area contributed by atoms with E-state index in [2.05, 4.69) is 26.0 Å². The molecule has 24 heavy (non-hydrogen) atoms. The Morgan fingerprint density at radius 3 is 2.33 bits per heavy atom. The van der Waals surface area contributed by atoms with Gasteiger partial charge >= 0.3 is 18.1 Å². The van der Waals surface area contributed by atoms with Crippen LogP contribution in [-0.2, 0) is 14.3 Å². The van der Waals surface area contributed by atoms with Crippen LogP contribution >= 0.6 is 15.9 Å². The number of esters is 2. The fourth-order valence-corrected chi connectivity index (χ4v) is 2.07. The Labute approximate surface area is 144 Å². The molecule has 0 amide bonds. The molecule has 1 aromatic rings. The molecule has 0 saturated carbocycles. The van der Waals surface area contributed by atoms with Crippen molar-refractivity contribution in [1.82, 2.24) is 0 Å². The van der Waals surface area contributed by atoms with Crippen LogP contribution in [0.1, 0.15) is 24.2 Å². The largest absolute Gasteiger partial charge is 0.463 e. The second kappa shape index (κ2) is 8.72. The van der Waals surface area contributed by atoms with E-state index in [0.717, 1.165) is 0 Å². The number of benzene rings is 1. The molecule has 0 unspecified atom stereocenters. The second-order valence-corrected chi connectivity index (χ2v) is 5.20. The number of anilines is 1. The number of carbonyl (C=O) groups excluding carboxylic acids is 2. The fraction of sp³-hybridized carbons (Fsp3) is 0.333. The van der Waals surface area contributed by atoms with Crippen molar-refractivity contribution in [3.63, 3.8) is 0 Å². The van der Waals surface area contributed by atoms with Gasteiger partial charge in [-0.1, -0.05) is 0 Å². The van der Waals surface area contributed by atoms with Crippen LogP contribution in [0.15, 0.2) is 34.4 Å². The minimum Gasteiger partial charge on any atom is -0.463 e. The molecule has 0 aliphatic heterocycles. The minimum atomic E-state index is -4.79. The summed E-state index contributed by atoms with van der Waals surface area (Å²) < 4.78 is 48.5. The predicted molar refractivity (Wildman–Crippen MR) is 84.5 cm³/mol. The highest BCUT2D eigenvalue weighted by atomic mass is 79.9. The first-order valence-electron chi connectivity index (χ1n) is 6.88. The molecular formula is C15H15BrF3NO4. The Hall–Kier alpha value is -2.03. The van der Waals surface area contributed by atoms with Crippen molar-refractivity contribution in [3.8, 4) is 0 Å². The van der Waals surface area contributed by atoms with E-state index < -0.39 is 23.8 Å². The molecule has 0 fully saturated rings. The predicted octanol–water partition coefficient (Wildman–Crippen LogP) is 4.05. The lowest BCUT2D eigenvalue weighted by Crippen LogP contribution is -2.21. The lowest BCUT2D eigenvalue weighted by Gasteiger charge is -2.15. The minimum absolute atomic E-state index is 0.0240. The SMILES string of the molecule is CCOC(=O)/C=C(/Nc1ccc(C(=O)OCC)cc1Br)C(F)(F)F. The second-order valence-electron chi connectivity index (χ2n) is 4.35. The molecule has 132 valence electrons. The molecule has 1 rings (SSSR count). The average molecular weight is 410 g/mol. The molecule has 0 atom stereocenters. The number of hydrogen-bond acceptors (Lipinski definition) is 5. The van der Waals surface area contributed by atoms with E-state index in [-0.39, 0.29) is 28.9 Å². The smallest absolute Gasteiger partial charge is 0.431 e. The van der Waals surface area contributed by atoms with Gasteiger partial charge in [0.25, 0.3) is 0 Å². The summed E-state index contributed by atoms with van der Waals surface area (Å²) in [6, 6.07) is 3.89. The summed E-state index contributed by atoms with van der Waals surface area (Å²) in [4.78, 5) is 22.9. The van der Waals surface area contributed by atoms with Crippen LogP contribution in [0.5, 0.6) is 0 Å². The highest BCUT2D eigenvalue weighted by molar-refractivity contribution is 9.10. The maximum absolute atomic E-state index is 13.0. The molecule has 0 aromatic heterocycles. The molecule has 0 aliphatic rings. The quantitative estimate of drug-likeness (QED) is 0.567. The molecular weight excluding hydrogens is 395 g/mol. The molecule has 1 aromatic carbocycles. The molecule has 0 heterocycles. The van der Waals surface area contributed by atoms with Gasteiger partial charge in [-0.15, -0.1) is 0 Å². The van der Waals surface area contributed by atoms with Crippen LogP contribution in [-0.4, -0.2) is 31.3 Å². The van der Waals surface area contributed by atoms with Gasteiger partial charge in [-0.25, -0.2) is 9.59 Å². The molecule has 0 aliphatic carbocycles.